The fraction of sp³-hybridized carbons (Fsp3) is 0.727. The lowest BCUT2D eigenvalue weighted by Crippen LogP contribution is -2.28. The molecule has 92 valence electrons. The van der Waals surface area contributed by atoms with Gasteiger partial charge in [0, 0.05) is 18.8 Å². The predicted molar refractivity (Wildman–Crippen MR) is 67.9 cm³/mol. The fourth-order valence-electron chi connectivity index (χ4n) is 1.54. The molecule has 16 heavy (non-hydrogen) atoms. The van der Waals surface area contributed by atoms with Gasteiger partial charge in [-0.3, -0.25) is 0 Å². The fourth-order valence-corrected chi connectivity index (χ4v) is 1.81. The Balaban J connectivity index is 2.48. The molecule has 0 spiro atoms. The number of rotatable bonds is 6. The highest BCUT2D eigenvalue weighted by Gasteiger charge is 2.05. The molecule has 0 fully saturated rings. The molecular weight excluding hydrogens is 222 g/mol. The average Bonchev–Trinajstić information content (AvgIpc) is 2.59. The first-order chi connectivity index (χ1) is 7.56. The molecule has 1 aromatic heterocycles. The molecule has 0 amide bonds. The quantitative estimate of drug-likeness (QED) is 0.748. The number of hydrogen-bond donors (Lipinski definition) is 2. The van der Waals surface area contributed by atoms with E-state index in [9.17, 15) is 0 Å². The van der Waals surface area contributed by atoms with Crippen molar-refractivity contribution in [2.24, 2.45) is 0 Å². The molecule has 2 N–H and O–H groups in total. The van der Waals surface area contributed by atoms with E-state index in [4.69, 9.17) is 17.3 Å². The molecule has 0 atom stereocenters. The van der Waals surface area contributed by atoms with E-state index < -0.39 is 0 Å². The Morgan fingerprint density at radius 1 is 1.56 bits per heavy atom. The van der Waals surface area contributed by atoms with Crippen molar-refractivity contribution in [3.63, 3.8) is 0 Å². The largest absolute Gasteiger partial charge is 0.390 e. The minimum absolute atomic E-state index is 0.0349. The van der Waals surface area contributed by atoms with Crippen LogP contribution in [0.4, 0.5) is 0 Å². The second-order valence-corrected chi connectivity index (χ2v) is 4.71. The van der Waals surface area contributed by atoms with Gasteiger partial charge >= 0.3 is 0 Å². The zero-order valence-corrected chi connectivity index (χ0v) is 11.0. The summed E-state index contributed by atoms with van der Waals surface area (Å²) in [6, 6.07) is 0.566. The van der Waals surface area contributed by atoms with Crippen LogP contribution < -0.4 is 0 Å². The third-order valence-corrected chi connectivity index (χ3v) is 3.23. The second kappa shape index (κ2) is 6.18. The van der Waals surface area contributed by atoms with E-state index in [0.29, 0.717) is 10.8 Å². The maximum Gasteiger partial charge on any atom is 0.177 e. The summed E-state index contributed by atoms with van der Waals surface area (Å²) in [7, 11) is 2.12. The summed E-state index contributed by atoms with van der Waals surface area (Å²) in [4.78, 5) is 5.25. The van der Waals surface area contributed by atoms with Crippen molar-refractivity contribution in [1.29, 1.82) is 0 Å². The van der Waals surface area contributed by atoms with Gasteiger partial charge in [0.2, 0.25) is 0 Å². The van der Waals surface area contributed by atoms with Crippen molar-refractivity contribution in [3.05, 3.63) is 16.7 Å². The molecule has 0 aliphatic rings. The van der Waals surface area contributed by atoms with Crippen LogP contribution in [-0.4, -0.2) is 39.2 Å². The Bertz CT molecular complexity index is 370. The number of imidazole rings is 1. The molecule has 1 rings (SSSR count). The van der Waals surface area contributed by atoms with Crippen LogP contribution in [0.5, 0.6) is 0 Å². The highest BCUT2D eigenvalue weighted by atomic mass is 32.1. The highest BCUT2D eigenvalue weighted by Crippen LogP contribution is 2.04. The van der Waals surface area contributed by atoms with Crippen molar-refractivity contribution in [1.82, 2.24) is 14.5 Å². The summed E-state index contributed by atoms with van der Waals surface area (Å²) in [5.74, 6) is 0. The van der Waals surface area contributed by atoms with Crippen LogP contribution in [-0.2, 0) is 13.2 Å². The molecule has 5 heteroatoms. The maximum atomic E-state index is 9.13. The van der Waals surface area contributed by atoms with Gasteiger partial charge in [0.25, 0.3) is 0 Å². The summed E-state index contributed by atoms with van der Waals surface area (Å²) >= 11 is 5.15. The van der Waals surface area contributed by atoms with Crippen LogP contribution in [0.2, 0.25) is 0 Å². The highest BCUT2D eigenvalue weighted by molar-refractivity contribution is 7.71. The zero-order chi connectivity index (χ0) is 12.1. The Labute approximate surface area is 102 Å². The van der Waals surface area contributed by atoms with Crippen LogP contribution in [0.15, 0.2) is 6.20 Å². The third-order valence-electron chi connectivity index (χ3n) is 2.89. The van der Waals surface area contributed by atoms with E-state index in [1.807, 2.05) is 4.57 Å². The van der Waals surface area contributed by atoms with E-state index >= 15 is 0 Å². The zero-order valence-electron chi connectivity index (χ0n) is 10.2. The van der Waals surface area contributed by atoms with Crippen LogP contribution >= 0.6 is 12.2 Å². The van der Waals surface area contributed by atoms with Crippen LogP contribution in [0.25, 0.3) is 0 Å². The van der Waals surface area contributed by atoms with Gasteiger partial charge in [-0.1, -0.05) is 0 Å². The van der Waals surface area contributed by atoms with E-state index in [2.05, 4.69) is 30.8 Å². The molecule has 0 bridgehead atoms. The van der Waals surface area contributed by atoms with Crippen molar-refractivity contribution >= 4 is 12.2 Å². The Morgan fingerprint density at radius 2 is 2.25 bits per heavy atom. The molecule has 0 unspecified atom stereocenters. The minimum atomic E-state index is 0.0349. The molecule has 4 nitrogen and oxygen atoms in total. The van der Waals surface area contributed by atoms with Gasteiger partial charge < -0.3 is 19.6 Å². The van der Waals surface area contributed by atoms with Gasteiger partial charge in [0.1, 0.15) is 0 Å². The number of aliphatic hydroxyl groups excluding tert-OH is 1. The monoisotopic (exact) mass is 243 g/mol. The van der Waals surface area contributed by atoms with Crippen LogP contribution in [0, 0.1) is 4.77 Å². The smallest absolute Gasteiger partial charge is 0.177 e. The van der Waals surface area contributed by atoms with Gasteiger partial charge in [-0.15, -0.1) is 0 Å². The van der Waals surface area contributed by atoms with E-state index in [1.54, 1.807) is 6.20 Å². The SMILES string of the molecule is CC(C)N(C)CCCn1c(CO)c[nH]c1=S. The number of hydrogen-bond acceptors (Lipinski definition) is 3. The molecule has 0 aliphatic heterocycles. The molecule has 1 heterocycles. The third kappa shape index (κ3) is 3.43. The lowest BCUT2D eigenvalue weighted by Gasteiger charge is -2.20. The first-order valence-corrected chi connectivity index (χ1v) is 6.05. The molecule has 0 radical (unpaired) electrons. The Kier molecular flexibility index (Phi) is 5.18. The number of aromatic nitrogens is 2. The number of aromatic amines is 1. The molecular formula is C11H21N3OS. The topological polar surface area (TPSA) is 44.2 Å². The minimum Gasteiger partial charge on any atom is -0.390 e. The van der Waals surface area contributed by atoms with Crippen molar-refractivity contribution in [3.8, 4) is 0 Å². The Hall–Kier alpha value is -0.650. The van der Waals surface area contributed by atoms with Crippen molar-refractivity contribution in [2.45, 2.75) is 39.5 Å². The summed E-state index contributed by atoms with van der Waals surface area (Å²) in [5, 5.41) is 9.13. The molecule has 0 saturated heterocycles. The van der Waals surface area contributed by atoms with Gasteiger partial charge in [-0.05, 0) is 46.1 Å². The number of H-pyrrole nitrogens is 1. The first-order valence-electron chi connectivity index (χ1n) is 5.64. The molecule has 0 aromatic carbocycles. The van der Waals surface area contributed by atoms with Crippen LogP contribution in [0.1, 0.15) is 26.0 Å². The Morgan fingerprint density at radius 3 is 2.81 bits per heavy atom. The standard InChI is InChI=1S/C11H21N3OS/c1-9(2)13(3)5-4-6-14-10(8-15)7-12-11(14)16/h7,9,15H,4-6,8H2,1-3H3,(H,12,16). The lowest BCUT2D eigenvalue weighted by atomic mass is 10.3. The summed E-state index contributed by atoms with van der Waals surface area (Å²) in [6.45, 7) is 6.29. The second-order valence-electron chi connectivity index (χ2n) is 4.32. The number of nitrogens with one attached hydrogen (secondary N) is 1. The average molecular weight is 243 g/mol. The number of aliphatic hydroxyl groups is 1. The van der Waals surface area contributed by atoms with E-state index in [1.165, 1.54) is 0 Å². The van der Waals surface area contributed by atoms with Crippen molar-refractivity contribution < 1.29 is 5.11 Å². The summed E-state index contributed by atoms with van der Waals surface area (Å²) in [5.41, 5.74) is 0.859. The van der Waals surface area contributed by atoms with Crippen molar-refractivity contribution in [2.75, 3.05) is 13.6 Å². The number of nitrogens with zero attached hydrogens (tertiary/aromatic N) is 2. The molecule has 0 aliphatic carbocycles. The van der Waals surface area contributed by atoms with Gasteiger partial charge in [-0.25, -0.2) is 0 Å². The van der Waals surface area contributed by atoms with E-state index in [-0.39, 0.29) is 6.61 Å². The normalized spacial score (nSPS) is 11.6. The van der Waals surface area contributed by atoms with Gasteiger partial charge in [0.05, 0.1) is 12.3 Å². The summed E-state index contributed by atoms with van der Waals surface area (Å²) in [6.07, 6.45) is 2.81. The lowest BCUT2D eigenvalue weighted by molar-refractivity contribution is 0.255. The van der Waals surface area contributed by atoms with Gasteiger partial charge in [0.15, 0.2) is 4.77 Å². The summed E-state index contributed by atoms with van der Waals surface area (Å²) < 4.78 is 2.65. The van der Waals surface area contributed by atoms with Crippen LogP contribution in [0.3, 0.4) is 0 Å². The predicted octanol–water partition coefficient (Wildman–Crippen LogP) is 1.77. The maximum absolute atomic E-state index is 9.13. The molecule has 1 aromatic rings. The first kappa shape index (κ1) is 13.4. The van der Waals surface area contributed by atoms with E-state index in [0.717, 1.165) is 25.2 Å². The van der Waals surface area contributed by atoms with Gasteiger partial charge in [-0.2, -0.15) is 0 Å². The molecule has 0 saturated carbocycles.